The van der Waals surface area contributed by atoms with Crippen molar-refractivity contribution in [1.82, 2.24) is 10.3 Å². The van der Waals surface area contributed by atoms with Crippen LogP contribution >= 0.6 is 0 Å². The minimum atomic E-state index is -1.10. The first-order chi connectivity index (χ1) is 12.1. The SMILES string of the molecule is CC(C)(O)c1cccc(C(=O)NC23CC4CC(C2)CC(C(N)=O)(C4)C3)n1. The van der Waals surface area contributed by atoms with E-state index in [2.05, 4.69) is 10.3 Å². The van der Waals surface area contributed by atoms with E-state index in [1.165, 1.54) is 0 Å². The molecule has 4 bridgehead atoms. The van der Waals surface area contributed by atoms with Gasteiger partial charge in [-0.05, 0) is 76.3 Å². The van der Waals surface area contributed by atoms with Crippen LogP contribution in [-0.4, -0.2) is 27.4 Å². The number of nitrogens with one attached hydrogen (secondary N) is 1. The number of hydrogen-bond donors (Lipinski definition) is 3. The lowest BCUT2D eigenvalue weighted by Crippen LogP contribution is -2.65. The summed E-state index contributed by atoms with van der Waals surface area (Å²) in [4.78, 5) is 29.4. The Morgan fingerprint density at radius 3 is 2.46 bits per heavy atom. The topological polar surface area (TPSA) is 105 Å². The number of aromatic nitrogens is 1. The number of rotatable bonds is 4. The Bertz CT molecular complexity index is 754. The molecule has 0 saturated heterocycles. The van der Waals surface area contributed by atoms with E-state index < -0.39 is 11.0 Å². The summed E-state index contributed by atoms with van der Waals surface area (Å²) in [6.45, 7) is 3.29. The predicted molar refractivity (Wildman–Crippen MR) is 96.0 cm³/mol. The molecule has 26 heavy (non-hydrogen) atoms. The van der Waals surface area contributed by atoms with Gasteiger partial charge in [-0.3, -0.25) is 9.59 Å². The first-order valence-corrected chi connectivity index (χ1v) is 9.43. The van der Waals surface area contributed by atoms with Crippen LogP contribution in [0.2, 0.25) is 0 Å². The summed E-state index contributed by atoms with van der Waals surface area (Å²) in [6, 6.07) is 5.11. The number of nitrogens with zero attached hydrogens (tertiary/aromatic N) is 1. The van der Waals surface area contributed by atoms with Gasteiger partial charge < -0.3 is 16.2 Å². The van der Waals surface area contributed by atoms with E-state index in [4.69, 9.17) is 5.73 Å². The lowest BCUT2D eigenvalue weighted by atomic mass is 9.46. The van der Waals surface area contributed by atoms with Crippen LogP contribution in [-0.2, 0) is 10.4 Å². The van der Waals surface area contributed by atoms with Crippen LogP contribution in [0.5, 0.6) is 0 Å². The molecule has 2 amide bonds. The van der Waals surface area contributed by atoms with Crippen molar-refractivity contribution in [3.63, 3.8) is 0 Å². The highest BCUT2D eigenvalue weighted by molar-refractivity contribution is 5.93. The fourth-order valence-electron chi connectivity index (χ4n) is 5.90. The molecule has 1 aromatic rings. The largest absolute Gasteiger partial charge is 0.384 e. The molecule has 4 saturated carbocycles. The van der Waals surface area contributed by atoms with Crippen LogP contribution < -0.4 is 11.1 Å². The second kappa shape index (κ2) is 5.52. The average molecular weight is 357 g/mol. The summed E-state index contributed by atoms with van der Waals surface area (Å²) < 4.78 is 0. The molecule has 2 atom stereocenters. The maximum absolute atomic E-state index is 12.9. The molecule has 1 heterocycles. The molecule has 0 aliphatic heterocycles. The zero-order valence-corrected chi connectivity index (χ0v) is 15.4. The second-order valence-corrected chi connectivity index (χ2v) is 9.31. The number of pyridine rings is 1. The van der Waals surface area contributed by atoms with E-state index in [1.54, 1.807) is 32.0 Å². The van der Waals surface area contributed by atoms with Crippen molar-refractivity contribution in [2.24, 2.45) is 23.0 Å². The smallest absolute Gasteiger partial charge is 0.270 e. The highest BCUT2D eigenvalue weighted by Crippen LogP contribution is 2.61. The Balaban J connectivity index is 1.59. The molecule has 6 nitrogen and oxygen atoms in total. The van der Waals surface area contributed by atoms with E-state index in [0.717, 1.165) is 32.1 Å². The highest BCUT2D eigenvalue weighted by Gasteiger charge is 2.60. The van der Waals surface area contributed by atoms with Crippen LogP contribution in [0.4, 0.5) is 0 Å². The van der Waals surface area contributed by atoms with E-state index in [9.17, 15) is 14.7 Å². The third kappa shape index (κ3) is 2.80. The van der Waals surface area contributed by atoms with E-state index >= 15 is 0 Å². The van der Waals surface area contributed by atoms with Crippen LogP contribution in [0.1, 0.15) is 68.6 Å². The Morgan fingerprint density at radius 2 is 1.88 bits per heavy atom. The van der Waals surface area contributed by atoms with Crippen molar-refractivity contribution in [2.75, 3.05) is 0 Å². The van der Waals surface area contributed by atoms with Gasteiger partial charge in [0, 0.05) is 5.54 Å². The van der Waals surface area contributed by atoms with Crippen molar-refractivity contribution >= 4 is 11.8 Å². The van der Waals surface area contributed by atoms with Crippen LogP contribution in [0, 0.1) is 17.3 Å². The molecule has 4 N–H and O–H groups in total. The fraction of sp³-hybridized carbons (Fsp3) is 0.650. The Kier molecular flexibility index (Phi) is 3.71. The first kappa shape index (κ1) is 17.5. The third-order valence-corrected chi connectivity index (χ3v) is 6.57. The molecular formula is C20H27N3O3. The second-order valence-electron chi connectivity index (χ2n) is 9.31. The summed E-state index contributed by atoms with van der Waals surface area (Å²) in [5, 5.41) is 13.4. The molecule has 4 aliphatic carbocycles. The van der Waals surface area contributed by atoms with E-state index in [0.29, 0.717) is 29.6 Å². The molecule has 0 radical (unpaired) electrons. The van der Waals surface area contributed by atoms with Gasteiger partial charge in [0.05, 0.1) is 11.1 Å². The molecule has 4 fully saturated rings. The van der Waals surface area contributed by atoms with Gasteiger partial charge >= 0.3 is 0 Å². The molecular weight excluding hydrogens is 330 g/mol. The standard InChI is InChI=1S/C20H27N3O3/c1-18(2,26)15-5-3-4-14(22-15)16(24)23-20-9-12-6-13(10-20)8-19(7-12,11-20)17(21)25/h3-5,12-13,26H,6-11H2,1-2H3,(H2,21,25)(H,23,24). The first-order valence-electron chi connectivity index (χ1n) is 9.43. The molecule has 0 aromatic carbocycles. The van der Waals surface area contributed by atoms with Gasteiger partial charge in [0.25, 0.3) is 5.91 Å². The zero-order valence-electron chi connectivity index (χ0n) is 15.4. The number of nitrogens with two attached hydrogens (primary N) is 1. The third-order valence-electron chi connectivity index (χ3n) is 6.57. The van der Waals surface area contributed by atoms with Crippen molar-refractivity contribution < 1.29 is 14.7 Å². The van der Waals surface area contributed by atoms with Crippen LogP contribution in [0.3, 0.4) is 0 Å². The average Bonchev–Trinajstić information content (AvgIpc) is 2.52. The molecule has 5 rings (SSSR count). The van der Waals surface area contributed by atoms with Gasteiger partial charge in [-0.25, -0.2) is 4.98 Å². The highest BCUT2D eigenvalue weighted by atomic mass is 16.3. The molecule has 2 unspecified atom stereocenters. The number of carbonyl (C=O) groups is 2. The number of carbonyl (C=O) groups excluding carboxylic acids is 2. The fourth-order valence-corrected chi connectivity index (χ4v) is 5.90. The number of hydrogen-bond acceptors (Lipinski definition) is 4. The number of aliphatic hydroxyl groups is 1. The van der Waals surface area contributed by atoms with Crippen LogP contribution in [0.25, 0.3) is 0 Å². The molecule has 1 aromatic heterocycles. The number of amides is 2. The number of primary amides is 1. The van der Waals surface area contributed by atoms with Crippen molar-refractivity contribution in [3.05, 3.63) is 29.6 Å². The minimum Gasteiger partial charge on any atom is -0.384 e. The van der Waals surface area contributed by atoms with Crippen molar-refractivity contribution in [3.8, 4) is 0 Å². The van der Waals surface area contributed by atoms with Crippen molar-refractivity contribution in [2.45, 2.75) is 63.5 Å². The predicted octanol–water partition coefficient (Wildman–Crippen LogP) is 1.86. The summed E-state index contributed by atoms with van der Waals surface area (Å²) in [7, 11) is 0. The van der Waals surface area contributed by atoms with Gasteiger partial charge in [0.15, 0.2) is 0 Å². The molecule has 6 heteroatoms. The molecule has 0 spiro atoms. The Morgan fingerprint density at radius 1 is 1.23 bits per heavy atom. The van der Waals surface area contributed by atoms with Gasteiger partial charge in [0.1, 0.15) is 11.3 Å². The normalized spacial score (nSPS) is 35.3. The lowest BCUT2D eigenvalue weighted by molar-refractivity contribution is -0.146. The maximum atomic E-state index is 12.9. The monoisotopic (exact) mass is 357 g/mol. The molecule has 4 aliphatic rings. The summed E-state index contributed by atoms with van der Waals surface area (Å²) >= 11 is 0. The Hall–Kier alpha value is -1.95. The van der Waals surface area contributed by atoms with Gasteiger partial charge in [0.2, 0.25) is 5.91 Å². The summed E-state index contributed by atoms with van der Waals surface area (Å²) in [6.07, 6.45) is 5.33. The van der Waals surface area contributed by atoms with Crippen LogP contribution in [0.15, 0.2) is 18.2 Å². The Labute approximate surface area is 153 Å². The van der Waals surface area contributed by atoms with E-state index in [1.807, 2.05) is 0 Å². The van der Waals surface area contributed by atoms with Crippen molar-refractivity contribution in [1.29, 1.82) is 0 Å². The minimum absolute atomic E-state index is 0.215. The summed E-state index contributed by atoms with van der Waals surface area (Å²) in [5.74, 6) is 0.462. The molecule has 140 valence electrons. The zero-order chi connectivity index (χ0) is 18.7. The quantitative estimate of drug-likeness (QED) is 0.765. The van der Waals surface area contributed by atoms with Gasteiger partial charge in [-0.1, -0.05) is 6.07 Å². The summed E-state index contributed by atoms with van der Waals surface area (Å²) in [5.41, 5.74) is 4.61. The van der Waals surface area contributed by atoms with Gasteiger partial charge in [-0.15, -0.1) is 0 Å². The lowest BCUT2D eigenvalue weighted by Gasteiger charge is -2.61. The maximum Gasteiger partial charge on any atom is 0.270 e. The van der Waals surface area contributed by atoms with E-state index in [-0.39, 0.29) is 17.4 Å². The van der Waals surface area contributed by atoms with Gasteiger partial charge in [-0.2, -0.15) is 0 Å².